The Morgan fingerprint density at radius 1 is 1.42 bits per heavy atom. The number of amides is 1. The fourth-order valence-corrected chi connectivity index (χ4v) is 1.40. The summed E-state index contributed by atoms with van der Waals surface area (Å²) in [6.45, 7) is 1.06. The quantitative estimate of drug-likeness (QED) is 0.733. The van der Waals surface area contributed by atoms with Gasteiger partial charge in [-0.3, -0.25) is 9.78 Å². The van der Waals surface area contributed by atoms with Gasteiger partial charge in [0.1, 0.15) is 0 Å². The van der Waals surface area contributed by atoms with Crippen LogP contribution in [0.25, 0.3) is 0 Å². The van der Waals surface area contributed by atoms with E-state index in [4.69, 9.17) is 9.84 Å². The number of nitrogens with zero attached hydrogens (tertiary/aromatic N) is 2. The molecule has 0 aliphatic carbocycles. The van der Waals surface area contributed by atoms with Gasteiger partial charge < -0.3 is 14.7 Å². The number of hydrogen-bond donors (Lipinski definition) is 1. The number of methoxy groups -OCH3 is 1. The van der Waals surface area contributed by atoms with E-state index in [0.717, 1.165) is 17.8 Å². The molecule has 0 aliphatic heterocycles. The lowest BCUT2D eigenvalue weighted by molar-refractivity contribution is -0.132. The maximum Gasteiger partial charge on any atom is 0.328 e. The Bertz CT molecular complexity index is 445. The van der Waals surface area contributed by atoms with Crippen LogP contribution in [0.3, 0.4) is 0 Å². The molecule has 6 nitrogen and oxygen atoms in total. The highest BCUT2D eigenvalue weighted by atomic mass is 16.5. The first kappa shape index (κ1) is 14.8. The Balaban J connectivity index is 2.71. The zero-order valence-corrected chi connectivity index (χ0v) is 10.7. The first-order valence-corrected chi connectivity index (χ1v) is 5.72. The molecule has 0 aliphatic rings. The molecule has 102 valence electrons. The van der Waals surface area contributed by atoms with Crippen molar-refractivity contribution in [1.82, 2.24) is 9.88 Å². The summed E-state index contributed by atoms with van der Waals surface area (Å²) in [7, 11) is 1.54. The largest absolute Gasteiger partial charge is 0.478 e. The molecule has 0 unspecified atom stereocenters. The van der Waals surface area contributed by atoms with Gasteiger partial charge in [0.25, 0.3) is 0 Å². The van der Waals surface area contributed by atoms with Crippen molar-refractivity contribution in [3.63, 3.8) is 0 Å². The molecule has 1 aromatic rings. The van der Waals surface area contributed by atoms with Crippen LogP contribution < -0.4 is 0 Å². The Hall–Kier alpha value is -2.21. The van der Waals surface area contributed by atoms with Gasteiger partial charge in [0.2, 0.25) is 5.91 Å². The minimum absolute atomic E-state index is 0.312. The van der Waals surface area contributed by atoms with Crippen molar-refractivity contribution >= 4 is 11.9 Å². The molecule has 19 heavy (non-hydrogen) atoms. The molecule has 1 rings (SSSR count). The third-order valence-corrected chi connectivity index (χ3v) is 2.32. The van der Waals surface area contributed by atoms with Crippen molar-refractivity contribution in [3.8, 4) is 0 Å². The predicted octanol–water partition coefficient (Wildman–Crippen LogP) is 0.697. The number of carbonyl (C=O) groups excluding carboxylic acids is 1. The summed E-state index contributed by atoms with van der Waals surface area (Å²) < 4.78 is 4.93. The van der Waals surface area contributed by atoms with Crippen LogP contribution in [0.15, 0.2) is 36.5 Å². The summed E-state index contributed by atoms with van der Waals surface area (Å²) in [6, 6.07) is 5.41. The van der Waals surface area contributed by atoms with Crippen molar-refractivity contribution in [3.05, 3.63) is 42.2 Å². The van der Waals surface area contributed by atoms with Gasteiger partial charge in [-0.2, -0.15) is 0 Å². The Morgan fingerprint density at radius 3 is 2.79 bits per heavy atom. The summed E-state index contributed by atoms with van der Waals surface area (Å²) >= 11 is 0. The van der Waals surface area contributed by atoms with Gasteiger partial charge in [0.05, 0.1) is 18.8 Å². The molecule has 0 radical (unpaired) electrons. The second kappa shape index (κ2) is 7.99. The van der Waals surface area contributed by atoms with Gasteiger partial charge in [-0.1, -0.05) is 6.07 Å². The monoisotopic (exact) mass is 264 g/mol. The fourth-order valence-electron chi connectivity index (χ4n) is 1.40. The normalized spacial score (nSPS) is 10.6. The lowest BCUT2D eigenvalue weighted by atomic mass is 10.3. The van der Waals surface area contributed by atoms with E-state index < -0.39 is 5.97 Å². The summed E-state index contributed by atoms with van der Waals surface area (Å²) in [5.74, 6) is -1.54. The van der Waals surface area contributed by atoms with Crippen molar-refractivity contribution in [2.24, 2.45) is 0 Å². The molecule has 0 fully saturated rings. The number of carboxylic acids is 1. The van der Waals surface area contributed by atoms with E-state index in [2.05, 4.69) is 4.98 Å². The molecule has 0 saturated heterocycles. The lowest BCUT2D eigenvalue weighted by Gasteiger charge is -2.20. The number of rotatable bonds is 7. The summed E-state index contributed by atoms with van der Waals surface area (Å²) in [5.41, 5.74) is 0.732. The predicted molar refractivity (Wildman–Crippen MR) is 68.3 cm³/mol. The van der Waals surface area contributed by atoms with E-state index in [-0.39, 0.29) is 5.91 Å². The number of aliphatic carboxylic acids is 1. The van der Waals surface area contributed by atoms with E-state index >= 15 is 0 Å². The number of carboxylic acid groups (broad SMARTS) is 1. The average molecular weight is 264 g/mol. The fraction of sp³-hybridized carbons (Fsp3) is 0.308. The standard InChI is InChI=1S/C13H16N2O4/c1-19-9-8-15(12(16)5-6-13(17)18)10-11-4-2-3-7-14-11/h2-7H,8-10H2,1H3,(H,17,18)/b6-5+. The van der Waals surface area contributed by atoms with Crippen LogP contribution in [-0.2, 0) is 20.9 Å². The number of hydrogen-bond acceptors (Lipinski definition) is 4. The highest BCUT2D eigenvalue weighted by Crippen LogP contribution is 2.02. The van der Waals surface area contributed by atoms with E-state index in [0.29, 0.717) is 19.7 Å². The zero-order valence-electron chi connectivity index (χ0n) is 10.7. The molecule has 1 heterocycles. The highest BCUT2D eigenvalue weighted by molar-refractivity contribution is 5.93. The van der Waals surface area contributed by atoms with E-state index in [1.54, 1.807) is 18.3 Å². The van der Waals surface area contributed by atoms with Crippen LogP contribution >= 0.6 is 0 Å². The van der Waals surface area contributed by atoms with Crippen LogP contribution in [0.2, 0.25) is 0 Å². The summed E-state index contributed by atoms with van der Waals surface area (Å²) in [5, 5.41) is 8.52. The summed E-state index contributed by atoms with van der Waals surface area (Å²) in [4.78, 5) is 27.9. The minimum Gasteiger partial charge on any atom is -0.478 e. The molecule has 0 aromatic carbocycles. The average Bonchev–Trinajstić information content (AvgIpc) is 2.41. The maximum atomic E-state index is 11.9. The van der Waals surface area contributed by atoms with Gasteiger partial charge in [0.15, 0.2) is 0 Å². The molecule has 0 spiro atoms. The molecular weight excluding hydrogens is 248 g/mol. The second-order valence-electron chi connectivity index (χ2n) is 3.75. The van der Waals surface area contributed by atoms with Crippen molar-refractivity contribution in [2.75, 3.05) is 20.3 Å². The maximum absolute atomic E-state index is 11.9. The molecule has 0 saturated carbocycles. The zero-order chi connectivity index (χ0) is 14.1. The number of ether oxygens (including phenoxy) is 1. The van der Waals surface area contributed by atoms with Crippen LogP contribution in [0.4, 0.5) is 0 Å². The first-order valence-electron chi connectivity index (χ1n) is 5.72. The van der Waals surface area contributed by atoms with E-state index in [1.165, 1.54) is 12.0 Å². The Kier molecular flexibility index (Phi) is 6.25. The molecule has 1 N–H and O–H groups in total. The molecule has 6 heteroatoms. The smallest absolute Gasteiger partial charge is 0.328 e. The molecule has 0 bridgehead atoms. The summed E-state index contributed by atoms with van der Waals surface area (Å²) in [6.07, 6.45) is 3.49. The molecule has 1 amide bonds. The van der Waals surface area contributed by atoms with Crippen LogP contribution in [-0.4, -0.2) is 47.1 Å². The minimum atomic E-state index is -1.15. The van der Waals surface area contributed by atoms with Crippen molar-refractivity contribution < 1.29 is 19.4 Å². The molecule has 1 aromatic heterocycles. The Morgan fingerprint density at radius 2 is 2.21 bits per heavy atom. The third kappa shape index (κ3) is 5.78. The highest BCUT2D eigenvalue weighted by Gasteiger charge is 2.12. The van der Waals surface area contributed by atoms with Gasteiger partial charge in [-0.05, 0) is 12.1 Å². The topological polar surface area (TPSA) is 79.7 Å². The van der Waals surface area contributed by atoms with E-state index in [9.17, 15) is 9.59 Å². The number of pyridine rings is 1. The van der Waals surface area contributed by atoms with Gasteiger partial charge >= 0.3 is 5.97 Å². The van der Waals surface area contributed by atoms with E-state index in [1.807, 2.05) is 6.07 Å². The van der Waals surface area contributed by atoms with Crippen molar-refractivity contribution in [1.29, 1.82) is 0 Å². The van der Waals surface area contributed by atoms with Crippen LogP contribution in [0.1, 0.15) is 5.69 Å². The van der Waals surface area contributed by atoms with Crippen molar-refractivity contribution in [2.45, 2.75) is 6.54 Å². The van der Waals surface area contributed by atoms with Gasteiger partial charge in [-0.25, -0.2) is 4.79 Å². The Labute approximate surface area is 111 Å². The first-order chi connectivity index (χ1) is 9.13. The van der Waals surface area contributed by atoms with Crippen LogP contribution in [0.5, 0.6) is 0 Å². The third-order valence-electron chi connectivity index (χ3n) is 2.32. The SMILES string of the molecule is COCCN(Cc1ccccn1)C(=O)/C=C/C(=O)O. The second-order valence-corrected chi connectivity index (χ2v) is 3.75. The molecule has 0 atom stereocenters. The van der Waals surface area contributed by atoms with Gasteiger partial charge in [-0.15, -0.1) is 0 Å². The van der Waals surface area contributed by atoms with Crippen LogP contribution in [0, 0.1) is 0 Å². The molecular formula is C13H16N2O4. The number of aromatic nitrogens is 1. The number of carbonyl (C=O) groups is 2. The van der Waals surface area contributed by atoms with Gasteiger partial charge in [0, 0.05) is 32.0 Å². The lowest BCUT2D eigenvalue weighted by Crippen LogP contribution is -2.32.